The van der Waals surface area contributed by atoms with E-state index in [2.05, 4.69) is 15.9 Å². The highest BCUT2D eigenvalue weighted by atomic mass is 79.9. The largest absolute Gasteiger partial charge is 0.378 e. The second kappa shape index (κ2) is 3.76. The summed E-state index contributed by atoms with van der Waals surface area (Å²) in [7, 11) is 0. The molecule has 1 aromatic carbocycles. The molecule has 1 atom stereocenters. The van der Waals surface area contributed by atoms with Crippen molar-refractivity contribution in [3.63, 3.8) is 0 Å². The molecular weight excluding hydrogens is 275 g/mol. The lowest BCUT2D eigenvalue weighted by Crippen LogP contribution is -2.50. The normalized spacial score (nSPS) is 22.9. The van der Waals surface area contributed by atoms with Gasteiger partial charge in [-0.2, -0.15) is 0 Å². The molecule has 1 aromatic rings. The molecule has 1 aliphatic carbocycles. The van der Waals surface area contributed by atoms with Crippen molar-refractivity contribution >= 4 is 27.5 Å². The lowest BCUT2D eigenvalue weighted by molar-refractivity contribution is 0.0185. The van der Waals surface area contributed by atoms with Crippen molar-refractivity contribution in [1.82, 2.24) is 0 Å². The number of hydrogen-bond acceptors (Lipinski definition) is 1. The fraction of sp³-hybridized carbons (Fsp3) is 0.500. The standard InChI is InChI=1S/C12H14BrClO/c1-11(13,15)12(7-2-8-12)9-3-5-10(14)6-4-9/h3-6,15H,2,7-8H2,1H3. The van der Waals surface area contributed by atoms with Crippen LogP contribution < -0.4 is 0 Å². The number of benzene rings is 1. The molecule has 1 fully saturated rings. The predicted molar refractivity (Wildman–Crippen MR) is 66.5 cm³/mol. The fourth-order valence-electron chi connectivity index (χ4n) is 2.31. The number of hydrogen-bond donors (Lipinski definition) is 1. The van der Waals surface area contributed by atoms with Gasteiger partial charge in [0, 0.05) is 10.4 Å². The van der Waals surface area contributed by atoms with Crippen LogP contribution in [0.1, 0.15) is 31.7 Å². The van der Waals surface area contributed by atoms with E-state index in [4.69, 9.17) is 11.6 Å². The first kappa shape index (κ1) is 11.4. The SMILES string of the molecule is CC(O)(Br)C1(c2ccc(Cl)cc2)CCC1. The molecule has 0 amide bonds. The number of alkyl halides is 1. The summed E-state index contributed by atoms with van der Waals surface area (Å²) in [5.41, 5.74) is 1.03. The van der Waals surface area contributed by atoms with Gasteiger partial charge < -0.3 is 5.11 Å². The Morgan fingerprint density at radius 3 is 2.20 bits per heavy atom. The Morgan fingerprint density at radius 2 is 1.87 bits per heavy atom. The molecule has 1 N–H and O–H groups in total. The highest BCUT2D eigenvalue weighted by Crippen LogP contribution is 2.53. The van der Waals surface area contributed by atoms with Crippen LogP contribution in [0.4, 0.5) is 0 Å². The Balaban J connectivity index is 2.39. The molecule has 1 unspecified atom stereocenters. The van der Waals surface area contributed by atoms with Gasteiger partial charge >= 0.3 is 0 Å². The summed E-state index contributed by atoms with van der Waals surface area (Å²) >= 11 is 9.25. The first-order chi connectivity index (χ1) is 6.96. The molecule has 1 aliphatic rings. The van der Waals surface area contributed by atoms with E-state index in [0.29, 0.717) is 0 Å². The summed E-state index contributed by atoms with van der Waals surface area (Å²) in [5, 5.41) is 10.9. The first-order valence-electron chi connectivity index (χ1n) is 5.13. The van der Waals surface area contributed by atoms with Crippen molar-refractivity contribution in [2.75, 3.05) is 0 Å². The van der Waals surface area contributed by atoms with E-state index in [-0.39, 0.29) is 5.41 Å². The van der Waals surface area contributed by atoms with Gasteiger partial charge in [-0.3, -0.25) is 0 Å². The van der Waals surface area contributed by atoms with E-state index in [9.17, 15) is 5.11 Å². The molecule has 0 aromatic heterocycles. The Morgan fingerprint density at radius 1 is 1.33 bits per heavy atom. The molecule has 2 rings (SSSR count). The summed E-state index contributed by atoms with van der Waals surface area (Å²) in [4.78, 5) is 0. The lowest BCUT2D eigenvalue weighted by atomic mass is 9.61. The van der Waals surface area contributed by atoms with E-state index in [1.165, 1.54) is 12.0 Å². The van der Waals surface area contributed by atoms with E-state index in [1.54, 1.807) is 0 Å². The molecule has 15 heavy (non-hydrogen) atoms. The Hall–Kier alpha value is -0.0500. The third kappa shape index (κ3) is 1.83. The van der Waals surface area contributed by atoms with Gasteiger partial charge in [0.15, 0.2) is 0 Å². The van der Waals surface area contributed by atoms with Crippen molar-refractivity contribution in [3.05, 3.63) is 34.9 Å². The van der Waals surface area contributed by atoms with Crippen LogP contribution in [0.25, 0.3) is 0 Å². The molecule has 3 heteroatoms. The second-order valence-corrected chi connectivity index (χ2v) is 6.38. The highest BCUT2D eigenvalue weighted by Gasteiger charge is 2.51. The molecule has 0 heterocycles. The Labute approximate surface area is 104 Å². The van der Waals surface area contributed by atoms with Crippen LogP contribution >= 0.6 is 27.5 Å². The fourth-order valence-corrected chi connectivity index (χ4v) is 3.06. The first-order valence-corrected chi connectivity index (χ1v) is 6.30. The Kier molecular flexibility index (Phi) is 2.87. The second-order valence-electron chi connectivity index (χ2n) is 4.40. The maximum absolute atomic E-state index is 10.2. The van der Waals surface area contributed by atoms with Crippen LogP contribution in [0.15, 0.2) is 24.3 Å². The van der Waals surface area contributed by atoms with Crippen molar-refractivity contribution in [2.24, 2.45) is 0 Å². The minimum atomic E-state index is -0.841. The van der Waals surface area contributed by atoms with E-state index < -0.39 is 4.51 Å². The average Bonchev–Trinajstić information content (AvgIpc) is 2.03. The van der Waals surface area contributed by atoms with Gasteiger partial charge in [-0.05, 0) is 37.5 Å². The van der Waals surface area contributed by atoms with Crippen LogP contribution in [-0.2, 0) is 5.41 Å². The van der Waals surface area contributed by atoms with Gasteiger partial charge in [0.1, 0.15) is 4.51 Å². The predicted octanol–water partition coefficient (Wildman–Crippen LogP) is 3.87. The highest BCUT2D eigenvalue weighted by molar-refractivity contribution is 9.10. The molecular formula is C12H14BrClO. The minimum absolute atomic E-state index is 0.141. The van der Waals surface area contributed by atoms with Gasteiger partial charge in [-0.15, -0.1) is 0 Å². The number of rotatable bonds is 2. The molecule has 0 aliphatic heterocycles. The van der Waals surface area contributed by atoms with Gasteiger partial charge in [-0.25, -0.2) is 0 Å². The molecule has 0 spiro atoms. The minimum Gasteiger partial charge on any atom is -0.378 e. The summed E-state index contributed by atoms with van der Waals surface area (Å²) in [6.45, 7) is 1.82. The third-order valence-corrected chi connectivity index (χ3v) is 4.49. The summed E-state index contributed by atoms with van der Waals surface area (Å²) in [6, 6.07) is 7.79. The number of halogens is 2. The molecule has 0 saturated heterocycles. The van der Waals surface area contributed by atoms with Crippen LogP contribution in [0.2, 0.25) is 5.02 Å². The van der Waals surface area contributed by atoms with E-state index in [0.717, 1.165) is 17.9 Å². The zero-order chi connectivity index (χ0) is 11.1. The monoisotopic (exact) mass is 288 g/mol. The topological polar surface area (TPSA) is 20.2 Å². The average molecular weight is 290 g/mol. The molecule has 1 nitrogen and oxygen atoms in total. The zero-order valence-corrected chi connectivity index (χ0v) is 11.0. The summed E-state index contributed by atoms with van der Waals surface area (Å²) in [5.74, 6) is 0. The maximum atomic E-state index is 10.2. The molecule has 0 bridgehead atoms. The van der Waals surface area contributed by atoms with Gasteiger partial charge in [0.25, 0.3) is 0 Å². The third-order valence-electron chi connectivity index (χ3n) is 3.48. The maximum Gasteiger partial charge on any atom is 0.126 e. The van der Waals surface area contributed by atoms with Gasteiger partial charge in [0.2, 0.25) is 0 Å². The Bertz CT molecular complexity index is 349. The molecule has 1 saturated carbocycles. The van der Waals surface area contributed by atoms with Crippen molar-refractivity contribution in [2.45, 2.75) is 36.1 Å². The van der Waals surface area contributed by atoms with E-state index >= 15 is 0 Å². The molecule has 0 radical (unpaired) electrons. The van der Waals surface area contributed by atoms with Crippen LogP contribution in [0.3, 0.4) is 0 Å². The number of aliphatic hydroxyl groups is 1. The van der Waals surface area contributed by atoms with Crippen molar-refractivity contribution in [3.8, 4) is 0 Å². The quantitative estimate of drug-likeness (QED) is 0.820. The van der Waals surface area contributed by atoms with Crippen LogP contribution in [0.5, 0.6) is 0 Å². The van der Waals surface area contributed by atoms with Crippen molar-refractivity contribution < 1.29 is 5.11 Å². The van der Waals surface area contributed by atoms with Crippen molar-refractivity contribution in [1.29, 1.82) is 0 Å². The van der Waals surface area contributed by atoms with Gasteiger partial charge in [0.05, 0.1) is 0 Å². The summed E-state index contributed by atoms with van der Waals surface area (Å²) in [6.07, 6.45) is 3.21. The van der Waals surface area contributed by atoms with Crippen LogP contribution in [-0.4, -0.2) is 9.62 Å². The lowest BCUT2D eigenvalue weighted by Gasteiger charge is -2.49. The van der Waals surface area contributed by atoms with E-state index in [1.807, 2.05) is 31.2 Å². The van der Waals surface area contributed by atoms with Crippen LogP contribution in [0, 0.1) is 0 Å². The van der Waals surface area contributed by atoms with Gasteiger partial charge in [-0.1, -0.05) is 46.1 Å². The smallest absolute Gasteiger partial charge is 0.126 e. The molecule has 82 valence electrons. The summed E-state index contributed by atoms with van der Waals surface area (Å²) < 4.78 is -0.841. The zero-order valence-electron chi connectivity index (χ0n) is 8.63.